The average molecular weight is 306 g/mol. The zero-order valence-corrected chi connectivity index (χ0v) is 12.4. The van der Waals surface area contributed by atoms with Crippen molar-refractivity contribution in [1.29, 1.82) is 0 Å². The Morgan fingerprint density at radius 2 is 2.19 bits per heavy atom. The highest BCUT2D eigenvalue weighted by atomic mass is 32.2. The van der Waals surface area contributed by atoms with Crippen LogP contribution in [0.15, 0.2) is 45.9 Å². The van der Waals surface area contributed by atoms with Gasteiger partial charge in [-0.2, -0.15) is 0 Å². The van der Waals surface area contributed by atoms with Crippen molar-refractivity contribution in [1.82, 2.24) is 5.32 Å². The quantitative estimate of drug-likeness (QED) is 0.905. The summed E-state index contributed by atoms with van der Waals surface area (Å²) in [6, 6.07) is 8.98. The molecule has 1 aliphatic rings. The van der Waals surface area contributed by atoms with Gasteiger partial charge in [-0.25, -0.2) is 13.6 Å². The van der Waals surface area contributed by atoms with Crippen molar-refractivity contribution in [3.05, 3.63) is 53.5 Å². The molecule has 3 N–H and O–H groups in total. The molecule has 1 atom stereocenters. The van der Waals surface area contributed by atoms with Crippen molar-refractivity contribution in [2.24, 2.45) is 5.14 Å². The molecule has 0 fully saturated rings. The summed E-state index contributed by atoms with van der Waals surface area (Å²) >= 11 is 0. The molecule has 0 aliphatic heterocycles. The highest BCUT2D eigenvalue weighted by Gasteiger charge is 2.22. The van der Waals surface area contributed by atoms with Crippen molar-refractivity contribution in [2.75, 3.05) is 0 Å². The number of aryl methyl sites for hydroxylation is 1. The van der Waals surface area contributed by atoms with Crippen LogP contribution in [0.3, 0.4) is 0 Å². The minimum atomic E-state index is -3.65. The predicted octanol–water partition coefficient (Wildman–Crippen LogP) is 2.09. The van der Waals surface area contributed by atoms with Crippen LogP contribution in [-0.4, -0.2) is 8.42 Å². The van der Waals surface area contributed by atoms with E-state index in [4.69, 9.17) is 9.56 Å². The maximum Gasteiger partial charge on any atom is 0.238 e. The van der Waals surface area contributed by atoms with Crippen LogP contribution in [0.25, 0.3) is 0 Å². The maximum atomic E-state index is 11.4. The highest BCUT2D eigenvalue weighted by molar-refractivity contribution is 7.89. The molecule has 3 rings (SSSR count). The normalized spacial score (nSPS) is 18.4. The minimum Gasteiger partial charge on any atom is -0.469 e. The second-order valence-corrected chi connectivity index (χ2v) is 6.88. The van der Waals surface area contributed by atoms with E-state index >= 15 is 0 Å². The molecule has 5 nitrogen and oxygen atoms in total. The summed E-state index contributed by atoms with van der Waals surface area (Å²) in [5.74, 6) is 1.05. The summed E-state index contributed by atoms with van der Waals surface area (Å²) in [5.41, 5.74) is 2.11. The third-order valence-electron chi connectivity index (χ3n) is 3.83. The molecule has 6 heteroatoms. The number of primary sulfonamides is 1. The summed E-state index contributed by atoms with van der Waals surface area (Å²) in [5, 5.41) is 8.62. The van der Waals surface area contributed by atoms with E-state index in [9.17, 15) is 8.42 Å². The molecule has 0 spiro atoms. The topological polar surface area (TPSA) is 85.3 Å². The minimum absolute atomic E-state index is 0.148. The van der Waals surface area contributed by atoms with Gasteiger partial charge in [0.05, 0.1) is 11.2 Å². The van der Waals surface area contributed by atoms with Crippen LogP contribution in [-0.2, 0) is 23.0 Å². The van der Waals surface area contributed by atoms with Gasteiger partial charge in [-0.05, 0) is 36.6 Å². The highest BCUT2D eigenvalue weighted by Crippen LogP contribution is 2.30. The molecular weight excluding hydrogens is 288 g/mol. The lowest BCUT2D eigenvalue weighted by Crippen LogP contribution is -2.24. The van der Waals surface area contributed by atoms with Gasteiger partial charge in [0.2, 0.25) is 10.0 Å². The number of hydrogen-bond donors (Lipinski definition) is 2. The van der Waals surface area contributed by atoms with E-state index in [1.54, 1.807) is 18.4 Å². The van der Waals surface area contributed by atoms with Crippen LogP contribution in [0.5, 0.6) is 0 Å². The lowest BCUT2D eigenvalue weighted by atomic mass is 9.93. The second-order valence-electron chi connectivity index (χ2n) is 5.32. The van der Waals surface area contributed by atoms with E-state index in [2.05, 4.69) is 5.32 Å². The molecular formula is C15H18N2O3S. The summed E-state index contributed by atoms with van der Waals surface area (Å²) in [4.78, 5) is 0.148. The van der Waals surface area contributed by atoms with Gasteiger partial charge in [-0.1, -0.05) is 12.1 Å². The van der Waals surface area contributed by atoms with Gasteiger partial charge in [0.15, 0.2) is 0 Å². The predicted molar refractivity (Wildman–Crippen MR) is 79.0 cm³/mol. The lowest BCUT2D eigenvalue weighted by Gasteiger charge is -2.23. The third-order valence-corrected chi connectivity index (χ3v) is 4.74. The van der Waals surface area contributed by atoms with Crippen LogP contribution in [0, 0.1) is 0 Å². The van der Waals surface area contributed by atoms with E-state index in [0.717, 1.165) is 30.6 Å². The zero-order chi connectivity index (χ0) is 14.9. The summed E-state index contributed by atoms with van der Waals surface area (Å²) < 4.78 is 28.2. The van der Waals surface area contributed by atoms with Crippen molar-refractivity contribution < 1.29 is 12.8 Å². The van der Waals surface area contributed by atoms with Gasteiger partial charge in [-0.15, -0.1) is 0 Å². The first-order valence-electron chi connectivity index (χ1n) is 6.95. The summed E-state index contributed by atoms with van der Waals surface area (Å²) in [6.07, 6.45) is 4.87. The fourth-order valence-electron chi connectivity index (χ4n) is 2.77. The van der Waals surface area contributed by atoms with Gasteiger partial charge < -0.3 is 9.73 Å². The number of hydrogen-bond acceptors (Lipinski definition) is 4. The first kappa shape index (κ1) is 14.3. The average Bonchev–Trinajstić information content (AvgIpc) is 2.93. The molecule has 0 bridgehead atoms. The fourth-order valence-corrected chi connectivity index (χ4v) is 3.36. The monoisotopic (exact) mass is 306 g/mol. The molecule has 1 aromatic carbocycles. The third kappa shape index (κ3) is 3.18. The molecule has 0 saturated carbocycles. The number of nitrogens with one attached hydrogen (secondary N) is 1. The number of fused-ring (bicyclic) bond motifs is 1. The Hall–Kier alpha value is -1.63. The molecule has 0 amide bonds. The first-order valence-corrected chi connectivity index (χ1v) is 8.50. The van der Waals surface area contributed by atoms with Crippen LogP contribution in [0.2, 0.25) is 0 Å². The molecule has 1 unspecified atom stereocenters. The number of nitrogens with two attached hydrogens (primary N) is 1. The van der Waals surface area contributed by atoms with Crippen molar-refractivity contribution in [3.8, 4) is 0 Å². The van der Waals surface area contributed by atoms with Crippen LogP contribution in [0.1, 0.15) is 35.8 Å². The Bertz CT molecular complexity index is 737. The first-order chi connectivity index (χ1) is 10.0. The van der Waals surface area contributed by atoms with E-state index in [1.165, 1.54) is 11.6 Å². The summed E-state index contributed by atoms with van der Waals surface area (Å²) in [6.45, 7) is 0.596. The molecule has 2 aromatic rings. The van der Waals surface area contributed by atoms with Gasteiger partial charge >= 0.3 is 0 Å². The Labute approximate surface area is 124 Å². The lowest BCUT2D eigenvalue weighted by molar-refractivity contribution is 0.411. The van der Waals surface area contributed by atoms with E-state index in [0.29, 0.717) is 6.54 Å². The van der Waals surface area contributed by atoms with Crippen molar-refractivity contribution >= 4 is 10.0 Å². The van der Waals surface area contributed by atoms with E-state index < -0.39 is 10.0 Å². The number of furan rings is 1. The molecule has 1 heterocycles. The van der Waals surface area contributed by atoms with Crippen molar-refractivity contribution in [2.45, 2.75) is 36.7 Å². The van der Waals surface area contributed by atoms with Crippen LogP contribution in [0.4, 0.5) is 0 Å². The van der Waals surface area contributed by atoms with Crippen LogP contribution >= 0.6 is 0 Å². The van der Waals surface area contributed by atoms with Gasteiger partial charge in [0.25, 0.3) is 0 Å². The molecule has 1 aromatic heterocycles. The van der Waals surface area contributed by atoms with Gasteiger partial charge in [0, 0.05) is 24.6 Å². The van der Waals surface area contributed by atoms with Crippen LogP contribution < -0.4 is 10.5 Å². The number of benzene rings is 1. The SMILES string of the molecule is NS(=O)(=O)c1cccc(CNC2CCCc3occc32)c1. The molecule has 0 radical (unpaired) electrons. The Morgan fingerprint density at radius 1 is 1.33 bits per heavy atom. The van der Waals surface area contributed by atoms with Crippen molar-refractivity contribution in [3.63, 3.8) is 0 Å². The standard InChI is InChI=1S/C15H18N2O3S/c16-21(18,19)12-4-1-3-11(9-12)10-17-14-5-2-6-15-13(14)7-8-20-15/h1,3-4,7-9,14,17H,2,5-6,10H2,(H2,16,18,19). The van der Waals surface area contributed by atoms with E-state index in [1.807, 2.05) is 12.1 Å². The molecule has 1 aliphatic carbocycles. The van der Waals surface area contributed by atoms with Gasteiger partial charge in [-0.3, -0.25) is 0 Å². The zero-order valence-electron chi connectivity index (χ0n) is 11.6. The molecule has 0 saturated heterocycles. The van der Waals surface area contributed by atoms with E-state index in [-0.39, 0.29) is 10.9 Å². The maximum absolute atomic E-state index is 11.4. The smallest absolute Gasteiger partial charge is 0.238 e. The fraction of sp³-hybridized carbons (Fsp3) is 0.333. The number of sulfonamides is 1. The Balaban J connectivity index is 1.72. The molecule has 21 heavy (non-hydrogen) atoms. The molecule has 112 valence electrons. The largest absolute Gasteiger partial charge is 0.469 e. The van der Waals surface area contributed by atoms with Gasteiger partial charge in [0.1, 0.15) is 5.76 Å². The second kappa shape index (κ2) is 5.63. The Kier molecular flexibility index (Phi) is 3.84. The Morgan fingerprint density at radius 3 is 3.00 bits per heavy atom. The number of rotatable bonds is 4. The summed E-state index contributed by atoms with van der Waals surface area (Å²) in [7, 11) is -3.65.